The van der Waals surface area contributed by atoms with Crippen molar-refractivity contribution in [1.82, 2.24) is 0 Å². The number of aryl methyl sites for hydroxylation is 1. The third kappa shape index (κ3) is 3.01. The summed E-state index contributed by atoms with van der Waals surface area (Å²) in [5.74, 6) is 0.00408. The first-order valence-electron chi connectivity index (χ1n) is 7.72. The number of hydrogen-bond acceptors (Lipinski definition) is 3. The lowest BCUT2D eigenvalue weighted by Crippen LogP contribution is -2.34. The highest BCUT2D eigenvalue weighted by Gasteiger charge is 2.29. The first kappa shape index (κ1) is 15.7. The summed E-state index contributed by atoms with van der Waals surface area (Å²) >= 11 is 0. The minimum absolute atomic E-state index is 0.00408. The summed E-state index contributed by atoms with van der Waals surface area (Å²) in [7, 11) is -3.67. The van der Waals surface area contributed by atoms with Crippen LogP contribution in [0.15, 0.2) is 53.4 Å². The minimum Gasteiger partial charge on any atom is -0.294 e. The Morgan fingerprint density at radius 1 is 0.957 bits per heavy atom. The summed E-state index contributed by atoms with van der Waals surface area (Å²) in [6.45, 7) is 2.31. The van der Waals surface area contributed by atoms with Gasteiger partial charge in [0.05, 0.1) is 10.6 Å². The van der Waals surface area contributed by atoms with Crippen LogP contribution in [0.2, 0.25) is 0 Å². The fourth-order valence-corrected chi connectivity index (χ4v) is 4.33. The second-order valence-electron chi connectivity index (χ2n) is 5.79. The van der Waals surface area contributed by atoms with Crippen LogP contribution in [0.5, 0.6) is 0 Å². The number of Topliss-reactive ketones (excluding diaryl/α,β-unsaturated/α-hetero) is 1. The van der Waals surface area contributed by atoms with Crippen LogP contribution in [0, 0.1) is 6.92 Å². The lowest BCUT2D eigenvalue weighted by atomic mass is 10.0. The Bertz CT molecular complexity index is 826. The average molecular weight is 329 g/mol. The van der Waals surface area contributed by atoms with Gasteiger partial charge in [-0.2, -0.15) is 0 Å². The van der Waals surface area contributed by atoms with Gasteiger partial charge in [-0.1, -0.05) is 29.8 Å². The van der Waals surface area contributed by atoms with Crippen molar-refractivity contribution < 1.29 is 13.2 Å². The van der Waals surface area contributed by atoms with Crippen molar-refractivity contribution in [2.75, 3.05) is 10.8 Å². The van der Waals surface area contributed by atoms with E-state index in [0.717, 1.165) is 5.56 Å². The quantitative estimate of drug-likeness (QED) is 0.846. The van der Waals surface area contributed by atoms with E-state index < -0.39 is 10.0 Å². The molecule has 0 radical (unpaired) electrons. The number of fused-ring (bicyclic) bond motifs is 1. The van der Waals surface area contributed by atoms with Crippen molar-refractivity contribution in [2.45, 2.75) is 31.1 Å². The smallest absolute Gasteiger partial charge is 0.264 e. The molecule has 23 heavy (non-hydrogen) atoms. The normalized spacial score (nSPS) is 15.7. The van der Waals surface area contributed by atoms with Crippen molar-refractivity contribution in [3.05, 3.63) is 59.7 Å². The van der Waals surface area contributed by atoms with Crippen molar-refractivity contribution in [3.63, 3.8) is 0 Å². The zero-order valence-electron chi connectivity index (χ0n) is 13.0. The second kappa shape index (κ2) is 6.16. The van der Waals surface area contributed by atoms with Gasteiger partial charge in [-0.05, 0) is 44.0 Å². The molecule has 0 atom stereocenters. The first-order valence-corrected chi connectivity index (χ1v) is 9.16. The fourth-order valence-electron chi connectivity index (χ4n) is 2.81. The monoisotopic (exact) mass is 329 g/mol. The standard InChI is InChI=1S/C18H19NO3S/c1-14-9-11-15(12-10-14)23(21,22)19-13-5-4-8-18(20)16-6-2-3-7-17(16)19/h2-3,6-7,9-12H,4-5,8,13H2,1H3. The Morgan fingerprint density at radius 3 is 2.39 bits per heavy atom. The van der Waals surface area contributed by atoms with Crippen LogP contribution >= 0.6 is 0 Å². The average Bonchev–Trinajstić information content (AvgIpc) is 2.53. The lowest BCUT2D eigenvalue weighted by molar-refractivity contribution is 0.0979. The molecule has 0 fully saturated rings. The Balaban J connectivity index is 2.12. The van der Waals surface area contributed by atoms with E-state index in [1.54, 1.807) is 48.5 Å². The summed E-state index contributed by atoms with van der Waals surface area (Å²) in [6.07, 6.45) is 1.84. The second-order valence-corrected chi connectivity index (χ2v) is 7.65. The first-order chi connectivity index (χ1) is 11.0. The van der Waals surface area contributed by atoms with E-state index in [1.165, 1.54) is 4.31 Å². The number of rotatable bonds is 2. The number of hydrogen-bond donors (Lipinski definition) is 0. The molecular weight excluding hydrogens is 310 g/mol. The molecule has 1 heterocycles. The zero-order valence-corrected chi connectivity index (χ0v) is 13.8. The molecular formula is C18H19NO3S. The van der Waals surface area contributed by atoms with Gasteiger partial charge in [0, 0.05) is 18.5 Å². The molecule has 0 amide bonds. The number of nitrogens with zero attached hydrogens (tertiary/aromatic N) is 1. The number of carbonyl (C=O) groups excluding carboxylic acids is 1. The molecule has 3 rings (SSSR count). The van der Waals surface area contributed by atoms with E-state index in [4.69, 9.17) is 0 Å². The molecule has 0 saturated heterocycles. The van der Waals surface area contributed by atoms with Crippen LogP contribution < -0.4 is 4.31 Å². The largest absolute Gasteiger partial charge is 0.294 e. The van der Waals surface area contributed by atoms with Gasteiger partial charge in [0.15, 0.2) is 5.78 Å². The third-order valence-electron chi connectivity index (χ3n) is 4.10. The van der Waals surface area contributed by atoms with E-state index in [-0.39, 0.29) is 10.7 Å². The van der Waals surface area contributed by atoms with Crippen LogP contribution in [0.4, 0.5) is 5.69 Å². The van der Waals surface area contributed by atoms with Crippen molar-refractivity contribution in [3.8, 4) is 0 Å². The van der Waals surface area contributed by atoms with E-state index in [0.29, 0.717) is 37.1 Å². The van der Waals surface area contributed by atoms with Crippen LogP contribution in [0.1, 0.15) is 35.2 Å². The van der Waals surface area contributed by atoms with E-state index in [2.05, 4.69) is 0 Å². The highest BCUT2D eigenvalue weighted by atomic mass is 32.2. The Kier molecular flexibility index (Phi) is 4.22. The van der Waals surface area contributed by atoms with Crippen LogP contribution in [-0.2, 0) is 10.0 Å². The summed E-state index contributed by atoms with van der Waals surface area (Å²) in [5, 5.41) is 0. The molecule has 0 aliphatic carbocycles. The SMILES string of the molecule is Cc1ccc(S(=O)(=O)N2CCCCC(=O)c3ccccc32)cc1. The van der Waals surface area contributed by atoms with Crippen molar-refractivity contribution >= 4 is 21.5 Å². The molecule has 2 aromatic carbocycles. The molecule has 0 unspecified atom stereocenters. The van der Waals surface area contributed by atoms with Gasteiger partial charge in [0.2, 0.25) is 0 Å². The summed E-state index contributed by atoms with van der Waals surface area (Å²) < 4.78 is 27.5. The molecule has 1 aliphatic rings. The summed E-state index contributed by atoms with van der Waals surface area (Å²) in [6, 6.07) is 13.8. The van der Waals surface area contributed by atoms with Gasteiger partial charge in [0.1, 0.15) is 0 Å². The molecule has 2 aromatic rings. The number of sulfonamides is 1. The lowest BCUT2D eigenvalue weighted by Gasteiger charge is -2.28. The topological polar surface area (TPSA) is 54.5 Å². The molecule has 0 aromatic heterocycles. The number of ketones is 1. The predicted octanol–water partition coefficient (Wildman–Crippen LogP) is 3.56. The third-order valence-corrected chi connectivity index (χ3v) is 5.92. The number of para-hydroxylation sites is 1. The highest BCUT2D eigenvalue weighted by Crippen LogP contribution is 2.30. The van der Waals surface area contributed by atoms with Gasteiger partial charge >= 0.3 is 0 Å². The Morgan fingerprint density at radius 2 is 1.65 bits per heavy atom. The number of anilines is 1. The fraction of sp³-hybridized carbons (Fsp3) is 0.278. The maximum atomic E-state index is 13.0. The van der Waals surface area contributed by atoms with Crippen LogP contribution in [0.3, 0.4) is 0 Å². The molecule has 5 heteroatoms. The molecule has 120 valence electrons. The molecule has 1 aliphatic heterocycles. The minimum atomic E-state index is -3.67. The van der Waals surface area contributed by atoms with Gasteiger partial charge in [-0.3, -0.25) is 9.10 Å². The van der Waals surface area contributed by atoms with Crippen LogP contribution in [-0.4, -0.2) is 20.7 Å². The molecule has 4 nitrogen and oxygen atoms in total. The van der Waals surface area contributed by atoms with E-state index >= 15 is 0 Å². The van der Waals surface area contributed by atoms with Crippen molar-refractivity contribution in [2.24, 2.45) is 0 Å². The Hall–Kier alpha value is -2.14. The molecule has 0 bridgehead atoms. The molecule has 0 N–H and O–H groups in total. The van der Waals surface area contributed by atoms with Gasteiger partial charge in [-0.25, -0.2) is 8.42 Å². The Labute approximate surface area is 136 Å². The predicted molar refractivity (Wildman–Crippen MR) is 90.3 cm³/mol. The number of benzene rings is 2. The van der Waals surface area contributed by atoms with E-state index in [1.807, 2.05) is 6.92 Å². The maximum absolute atomic E-state index is 13.0. The van der Waals surface area contributed by atoms with Crippen molar-refractivity contribution in [1.29, 1.82) is 0 Å². The van der Waals surface area contributed by atoms with Gasteiger partial charge in [0.25, 0.3) is 10.0 Å². The van der Waals surface area contributed by atoms with E-state index in [9.17, 15) is 13.2 Å². The van der Waals surface area contributed by atoms with Gasteiger partial charge < -0.3 is 0 Å². The molecule has 0 saturated carbocycles. The molecule has 0 spiro atoms. The summed E-state index contributed by atoms with van der Waals surface area (Å²) in [4.78, 5) is 12.5. The maximum Gasteiger partial charge on any atom is 0.264 e. The van der Waals surface area contributed by atoms with Crippen LogP contribution in [0.25, 0.3) is 0 Å². The number of carbonyl (C=O) groups is 1. The van der Waals surface area contributed by atoms with Gasteiger partial charge in [-0.15, -0.1) is 0 Å². The zero-order chi connectivity index (χ0) is 16.4. The summed E-state index contributed by atoms with van der Waals surface area (Å²) in [5.41, 5.74) is 1.98. The highest BCUT2D eigenvalue weighted by molar-refractivity contribution is 7.92.